The molecule has 0 saturated heterocycles. The molecule has 0 radical (unpaired) electrons. The molecule has 1 unspecified atom stereocenters. The zero-order chi connectivity index (χ0) is 14.5. The Labute approximate surface area is 116 Å². The van der Waals surface area contributed by atoms with Gasteiger partial charge in [-0.1, -0.05) is 42.5 Å². The topological polar surface area (TPSA) is 64.3 Å². The molecule has 2 rings (SSSR count). The average Bonchev–Trinajstić information content (AvgIpc) is 2.49. The van der Waals surface area contributed by atoms with Gasteiger partial charge in [0.1, 0.15) is 5.82 Å². The van der Waals surface area contributed by atoms with Crippen LogP contribution < -0.4 is 11.1 Å². The van der Waals surface area contributed by atoms with Gasteiger partial charge in [-0.2, -0.15) is 0 Å². The summed E-state index contributed by atoms with van der Waals surface area (Å²) >= 11 is 0. The standard InChI is InChI=1S/C15H15FN2O2/c1-20-15(19)18-14-11(8-5-9-12(14)16)13(17)10-6-3-2-4-7-10/h2-9,13H,17H2,1H3,(H,18,19). The van der Waals surface area contributed by atoms with Crippen LogP contribution in [-0.2, 0) is 4.74 Å². The number of carbonyl (C=O) groups excluding carboxylic acids is 1. The van der Waals surface area contributed by atoms with Crippen molar-refractivity contribution in [3.8, 4) is 0 Å². The molecule has 1 amide bonds. The van der Waals surface area contributed by atoms with Crippen LogP contribution in [0.5, 0.6) is 0 Å². The molecule has 0 saturated carbocycles. The van der Waals surface area contributed by atoms with E-state index >= 15 is 0 Å². The molecular formula is C15H15FN2O2. The zero-order valence-electron chi connectivity index (χ0n) is 11.0. The molecule has 0 bridgehead atoms. The third kappa shape index (κ3) is 2.95. The Morgan fingerprint density at radius 2 is 1.90 bits per heavy atom. The number of nitrogens with one attached hydrogen (secondary N) is 1. The minimum Gasteiger partial charge on any atom is -0.453 e. The maximum Gasteiger partial charge on any atom is 0.411 e. The van der Waals surface area contributed by atoms with E-state index < -0.39 is 18.0 Å². The molecule has 0 heterocycles. The average molecular weight is 274 g/mol. The van der Waals surface area contributed by atoms with E-state index in [-0.39, 0.29) is 5.69 Å². The Hall–Kier alpha value is -2.40. The first-order valence-electron chi connectivity index (χ1n) is 6.07. The third-order valence-corrected chi connectivity index (χ3v) is 2.95. The van der Waals surface area contributed by atoms with Gasteiger partial charge in [0.25, 0.3) is 0 Å². The van der Waals surface area contributed by atoms with Crippen molar-refractivity contribution < 1.29 is 13.9 Å². The molecule has 0 aliphatic rings. The lowest BCUT2D eigenvalue weighted by molar-refractivity contribution is 0.186. The van der Waals surface area contributed by atoms with E-state index in [9.17, 15) is 9.18 Å². The molecule has 0 aliphatic heterocycles. The van der Waals surface area contributed by atoms with E-state index in [0.29, 0.717) is 5.56 Å². The van der Waals surface area contributed by atoms with Crippen molar-refractivity contribution in [2.24, 2.45) is 5.73 Å². The van der Waals surface area contributed by atoms with E-state index in [4.69, 9.17) is 5.73 Å². The van der Waals surface area contributed by atoms with Crippen molar-refractivity contribution in [2.75, 3.05) is 12.4 Å². The molecule has 3 N–H and O–H groups in total. The zero-order valence-corrected chi connectivity index (χ0v) is 11.0. The number of para-hydroxylation sites is 1. The predicted molar refractivity (Wildman–Crippen MR) is 74.9 cm³/mol. The molecule has 0 aliphatic carbocycles. The highest BCUT2D eigenvalue weighted by molar-refractivity contribution is 5.86. The largest absolute Gasteiger partial charge is 0.453 e. The highest BCUT2D eigenvalue weighted by Gasteiger charge is 2.18. The van der Waals surface area contributed by atoms with Crippen LogP contribution in [0.2, 0.25) is 0 Å². The summed E-state index contributed by atoms with van der Waals surface area (Å²) < 4.78 is 18.4. The Kier molecular flexibility index (Phi) is 4.32. The van der Waals surface area contributed by atoms with E-state index in [1.165, 1.54) is 13.2 Å². The number of benzene rings is 2. The molecule has 104 valence electrons. The van der Waals surface area contributed by atoms with E-state index in [1.807, 2.05) is 30.3 Å². The van der Waals surface area contributed by atoms with Gasteiger partial charge in [0.2, 0.25) is 0 Å². The minimum absolute atomic E-state index is 0.0377. The van der Waals surface area contributed by atoms with Crippen LogP contribution in [0.4, 0.5) is 14.9 Å². The number of rotatable bonds is 3. The predicted octanol–water partition coefficient (Wildman–Crippen LogP) is 3.05. The number of ether oxygens (including phenoxy) is 1. The molecule has 2 aromatic rings. The fourth-order valence-corrected chi connectivity index (χ4v) is 1.92. The van der Waals surface area contributed by atoms with Gasteiger partial charge in [-0.15, -0.1) is 0 Å². The van der Waals surface area contributed by atoms with Gasteiger partial charge in [0.15, 0.2) is 0 Å². The summed E-state index contributed by atoms with van der Waals surface area (Å²) in [4.78, 5) is 11.3. The summed E-state index contributed by atoms with van der Waals surface area (Å²) in [7, 11) is 1.22. The first-order valence-corrected chi connectivity index (χ1v) is 6.07. The second-order valence-electron chi connectivity index (χ2n) is 4.21. The van der Waals surface area contributed by atoms with Gasteiger partial charge in [0, 0.05) is 0 Å². The van der Waals surface area contributed by atoms with Crippen molar-refractivity contribution >= 4 is 11.8 Å². The summed E-state index contributed by atoms with van der Waals surface area (Å²) in [5, 5.41) is 2.36. The van der Waals surface area contributed by atoms with Crippen molar-refractivity contribution in [3.63, 3.8) is 0 Å². The summed E-state index contributed by atoms with van der Waals surface area (Å²) in [5.41, 5.74) is 7.49. The van der Waals surface area contributed by atoms with Crippen LogP contribution in [0.3, 0.4) is 0 Å². The molecule has 5 heteroatoms. The van der Waals surface area contributed by atoms with Crippen LogP contribution in [0, 0.1) is 5.82 Å². The number of methoxy groups -OCH3 is 1. The number of nitrogens with two attached hydrogens (primary N) is 1. The molecule has 1 atom stereocenters. The van der Waals surface area contributed by atoms with Crippen LogP contribution in [0.15, 0.2) is 48.5 Å². The number of hydrogen-bond donors (Lipinski definition) is 2. The van der Waals surface area contributed by atoms with Crippen LogP contribution in [-0.4, -0.2) is 13.2 Å². The summed E-state index contributed by atoms with van der Waals surface area (Å²) in [5.74, 6) is -0.556. The van der Waals surface area contributed by atoms with Crippen LogP contribution in [0.1, 0.15) is 17.2 Å². The van der Waals surface area contributed by atoms with Crippen LogP contribution in [0.25, 0.3) is 0 Å². The highest BCUT2D eigenvalue weighted by atomic mass is 19.1. The lowest BCUT2D eigenvalue weighted by atomic mass is 9.98. The molecule has 0 spiro atoms. The SMILES string of the molecule is COC(=O)Nc1c(F)cccc1C(N)c1ccccc1. The van der Waals surface area contributed by atoms with E-state index in [1.54, 1.807) is 12.1 Å². The molecule has 2 aromatic carbocycles. The quantitative estimate of drug-likeness (QED) is 0.904. The van der Waals surface area contributed by atoms with Gasteiger partial charge in [0.05, 0.1) is 18.8 Å². The number of halogens is 1. The molecule has 20 heavy (non-hydrogen) atoms. The third-order valence-electron chi connectivity index (χ3n) is 2.95. The smallest absolute Gasteiger partial charge is 0.411 e. The number of amides is 1. The van der Waals surface area contributed by atoms with Gasteiger partial charge >= 0.3 is 6.09 Å². The van der Waals surface area contributed by atoms with Gasteiger partial charge in [-0.3, -0.25) is 5.32 Å². The number of hydrogen-bond acceptors (Lipinski definition) is 3. The Balaban J connectivity index is 2.41. The Morgan fingerprint density at radius 3 is 2.55 bits per heavy atom. The fourth-order valence-electron chi connectivity index (χ4n) is 1.92. The fraction of sp³-hybridized carbons (Fsp3) is 0.133. The molecule has 0 aromatic heterocycles. The second-order valence-corrected chi connectivity index (χ2v) is 4.21. The normalized spacial score (nSPS) is 11.8. The number of carbonyl (C=O) groups is 1. The maximum atomic E-state index is 13.9. The van der Waals surface area contributed by atoms with E-state index in [2.05, 4.69) is 10.1 Å². The van der Waals surface area contributed by atoms with Crippen molar-refractivity contribution in [1.29, 1.82) is 0 Å². The Morgan fingerprint density at radius 1 is 1.20 bits per heavy atom. The minimum atomic E-state index is -0.739. The first-order chi connectivity index (χ1) is 9.63. The second kappa shape index (κ2) is 6.16. The monoisotopic (exact) mass is 274 g/mol. The summed E-state index contributed by atoms with van der Waals surface area (Å²) in [6.45, 7) is 0. The lowest BCUT2D eigenvalue weighted by Gasteiger charge is -2.17. The Bertz CT molecular complexity index is 602. The first kappa shape index (κ1) is 14.0. The summed E-state index contributed by atoms with van der Waals surface area (Å²) in [6, 6.07) is 13.2. The number of anilines is 1. The van der Waals surface area contributed by atoms with Crippen molar-refractivity contribution in [3.05, 3.63) is 65.5 Å². The lowest BCUT2D eigenvalue weighted by Crippen LogP contribution is -2.19. The van der Waals surface area contributed by atoms with Crippen molar-refractivity contribution in [1.82, 2.24) is 0 Å². The van der Waals surface area contributed by atoms with Gasteiger partial charge in [-0.05, 0) is 17.2 Å². The summed E-state index contributed by atoms with van der Waals surface area (Å²) in [6.07, 6.45) is -0.739. The van der Waals surface area contributed by atoms with Gasteiger partial charge in [-0.25, -0.2) is 9.18 Å². The maximum absolute atomic E-state index is 13.9. The highest BCUT2D eigenvalue weighted by Crippen LogP contribution is 2.28. The molecular weight excluding hydrogens is 259 g/mol. The van der Waals surface area contributed by atoms with Gasteiger partial charge < -0.3 is 10.5 Å². The molecule has 0 fully saturated rings. The van der Waals surface area contributed by atoms with E-state index in [0.717, 1.165) is 5.56 Å². The van der Waals surface area contributed by atoms with Crippen molar-refractivity contribution in [2.45, 2.75) is 6.04 Å². The van der Waals surface area contributed by atoms with Crippen LogP contribution >= 0.6 is 0 Å². The molecule has 4 nitrogen and oxygen atoms in total.